The van der Waals surface area contributed by atoms with E-state index in [1.165, 1.54) is 32.1 Å². The zero-order valence-electron chi connectivity index (χ0n) is 10.3. The van der Waals surface area contributed by atoms with Crippen LogP contribution in [0.1, 0.15) is 51.9 Å². The van der Waals surface area contributed by atoms with Crippen molar-refractivity contribution in [2.75, 3.05) is 13.2 Å². The number of esters is 1. The molecule has 3 nitrogen and oxygen atoms in total. The lowest BCUT2D eigenvalue weighted by Crippen LogP contribution is -2.44. The van der Waals surface area contributed by atoms with Crippen LogP contribution in [0.3, 0.4) is 0 Å². The third-order valence-electron chi connectivity index (χ3n) is 3.90. The molecule has 92 valence electrons. The molecule has 1 aliphatic heterocycles. The lowest BCUT2D eigenvalue weighted by Gasteiger charge is -2.34. The van der Waals surface area contributed by atoms with Crippen LogP contribution in [0.4, 0.5) is 0 Å². The molecular formula is C13H23NO2. The molecule has 0 aromatic carbocycles. The van der Waals surface area contributed by atoms with E-state index in [1.807, 2.05) is 6.92 Å². The Labute approximate surface area is 98.1 Å². The Bertz CT molecular complexity index is 236. The highest BCUT2D eigenvalue weighted by Gasteiger charge is 2.36. The molecule has 2 aliphatic rings. The van der Waals surface area contributed by atoms with Crippen LogP contribution in [0.5, 0.6) is 0 Å². The summed E-state index contributed by atoms with van der Waals surface area (Å²) >= 11 is 0. The molecular weight excluding hydrogens is 202 g/mol. The second kappa shape index (κ2) is 5.67. The van der Waals surface area contributed by atoms with Gasteiger partial charge in [0.25, 0.3) is 0 Å². The molecule has 1 aliphatic carbocycles. The predicted octanol–water partition coefficient (Wildman–Crippen LogP) is 2.35. The molecule has 0 aromatic heterocycles. The highest BCUT2D eigenvalue weighted by atomic mass is 16.5. The molecule has 1 atom stereocenters. The van der Waals surface area contributed by atoms with Gasteiger partial charge in [-0.2, -0.15) is 0 Å². The summed E-state index contributed by atoms with van der Waals surface area (Å²) in [6, 6.07) is 0.703. The first-order chi connectivity index (χ1) is 7.83. The fourth-order valence-corrected chi connectivity index (χ4v) is 3.13. The van der Waals surface area contributed by atoms with E-state index in [-0.39, 0.29) is 12.0 Å². The van der Waals surface area contributed by atoms with Crippen LogP contribution in [0.15, 0.2) is 0 Å². The topological polar surface area (TPSA) is 29.5 Å². The van der Waals surface area contributed by atoms with Gasteiger partial charge in [0.1, 0.15) is 6.04 Å². The van der Waals surface area contributed by atoms with E-state index in [9.17, 15) is 4.79 Å². The summed E-state index contributed by atoms with van der Waals surface area (Å²) in [5.74, 6) is 0.00516. The van der Waals surface area contributed by atoms with Crippen molar-refractivity contribution < 1.29 is 9.53 Å². The number of rotatable bonds is 3. The van der Waals surface area contributed by atoms with Gasteiger partial charge >= 0.3 is 5.97 Å². The average Bonchev–Trinajstić information content (AvgIpc) is 2.79. The zero-order chi connectivity index (χ0) is 11.4. The lowest BCUT2D eigenvalue weighted by molar-refractivity contribution is -0.149. The number of hydrogen-bond acceptors (Lipinski definition) is 3. The Morgan fingerprint density at radius 3 is 2.62 bits per heavy atom. The van der Waals surface area contributed by atoms with Crippen molar-refractivity contribution in [2.45, 2.75) is 64.0 Å². The van der Waals surface area contributed by atoms with Gasteiger partial charge in [-0.25, -0.2) is 0 Å². The fraction of sp³-hybridized carbons (Fsp3) is 0.923. The predicted molar refractivity (Wildman–Crippen MR) is 63.2 cm³/mol. The number of hydrogen-bond donors (Lipinski definition) is 0. The summed E-state index contributed by atoms with van der Waals surface area (Å²) in [6.07, 6.45) is 8.73. The number of likely N-dealkylation sites (tertiary alicyclic amines) is 1. The van der Waals surface area contributed by atoms with Crippen molar-refractivity contribution in [3.63, 3.8) is 0 Å². The molecule has 0 N–H and O–H groups in total. The quantitative estimate of drug-likeness (QED) is 0.690. The summed E-state index contributed by atoms with van der Waals surface area (Å²) in [4.78, 5) is 14.2. The molecule has 1 heterocycles. The molecule has 3 heteroatoms. The minimum atomic E-state index is 0.00516. The number of carbonyl (C=O) groups excluding carboxylic acids is 1. The molecule has 0 radical (unpaired) electrons. The Hall–Kier alpha value is -0.570. The van der Waals surface area contributed by atoms with Crippen LogP contribution >= 0.6 is 0 Å². The third kappa shape index (κ3) is 2.57. The highest BCUT2D eigenvalue weighted by Crippen LogP contribution is 2.29. The minimum absolute atomic E-state index is 0.00516. The smallest absolute Gasteiger partial charge is 0.323 e. The second-order valence-corrected chi connectivity index (χ2v) is 4.94. The maximum Gasteiger partial charge on any atom is 0.323 e. The first kappa shape index (κ1) is 11.9. The van der Waals surface area contributed by atoms with E-state index < -0.39 is 0 Å². The molecule has 0 bridgehead atoms. The van der Waals surface area contributed by atoms with Crippen LogP contribution < -0.4 is 0 Å². The Morgan fingerprint density at radius 2 is 1.94 bits per heavy atom. The van der Waals surface area contributed by atoms with Crippen LogP contribution in [0.25, 0.3) is 0 Å². The molecule has 16 heavy (non-hydrogen) atoms. The van der Waals surface area contributed by atoms with E-state index in [0.717, 1.165) is 19.4 Å². The normalized spacial score (nSPS) is 28.2. The van der Waals surface area contributed by atoms with Crippen molar-refractivity contribution in [2.24, 2.45) is 0 Å². The summed E-state index contributed by atoms with van der Waals surface area (Å²) in [5.41, 5.74) is 0. The largest absolute Gasteiger partial charge is 0.465 e. The van der Waals surface area contributed by atoms with Crippen molar-refractivity contribution in [1.82, 2.24) is 4.90 Å². The first-order valence-corrected chi connectivity index (χ1v) is 6.75. The van der Waals surface area contributed by atoms with E-state index >= 15 is 0 Å². The fourth-order valence-electron chi connectivity index (χ4n) is 3.13. The standard InChI is InChI=1S/C13H23NO2/c1-2-16-13(15)12-9-6-10-14(12)11-7-4-3-5-8-11/h11-12H,2-10H2,1H3. The van der Waals surface area contributed by atoms with E-state index in [4.69, 9.17) is 4.74 Å². The molecule has 0 spiro atoms. The van der Waals surface area contributed by atoms with Crippen molar-refractivity contribution >= 4 is 5.97 Å². The Balaban J connectivity index is 1.93. The summed E-state index contributed by atoms with van der Waals surface area (Å²) in [5, 5.41) is 0. The molecule has 0 amide bonds. The van der Waals surface area contributed by atoms with E-state index in [1.54, 1.807) is 0 Å². The Morgan fingerprint density at radius 1 is 1.19 bits per heavy atom. The molecule has 1 saturated heterocycles. The maximum absolute atomic E-state index is 11.8. The Kier molecular flexibility index (Phi) is 4.22. The summed E-state index contributed by atoms with van der Waals surface area (Å²) < 4.78 is 5.17. The van der Waals surface area contributed by atoms with Crippen molar-refractivity contribution in [3.8, 4) is 0 Å². The summed E-state index contributed by atoms with van der Waals surface area (Å²) in [7, 11) is 0. The third-order valence-corrected chi connectivity index (χ3v) is 3.90. The second-order valence-electron chi connectivity index (χ2n) is 4.94. The first-order valence-electron chi connectivity index (χ1n) is 6.75. The number of carbonyl (C=O) groups is 1. The van der Waals surface area contributed by atoms with Gasteiger partial charge in [0, 0.05) is 6.04 Å². The van der Waals surface area contributed by atoms with Crippen LogP contribution in [-0.4, -0.2) is 36.1 Å². The SMILES string of the molecule is CCOC(=O)C1CCCN1C1CCCCC1. The van der Waals surface area contributed by atoms with E-state index in [0.29, 0.717) is 12.6 Å². The minimum Gasteiger partial charge on any atom is -0.465 e. The monoisotopic (exact) mass is 225 g/mol. The number of nitrogens with zero attached hydrogens (tertiary/aromatic N) is 1. The molecule has 1 unspecified atom stereocenters. The van der Waals surface area contributed by atoms with Crippen LogP contribution in [-0.2, 0) is 9.53 Å². The van der Waals surface area contributed by atoms with Gasteiger partial charge in [-0.15, -0.1) is 0 Å². The molecule has 2 fully saturated rings. The van der Waals surface area contributed by atoms with E-state index in [2.05, 4.69) is 4.90 Å². The lowest BCUT2D eigenvalue weighted by atomic mass is 9.94. The average molecular weight is 225 g/mol. The molecule has 0 aromatic rings. The summed E-state index contributed by atoms with van der Waals surface area (Å²) in [6.45, 7) is 3.49. The van der Waals surface area contributed by atoms with Gasteiger partial charge in [0.15, 0.2) is 0 Å². The molecule has 2 rings (SSSR count). The van der Waals surface area contributed by atoms with Crippen LogP contribution in [0.2, 0.25) is 0 Å². The molecule has 1 saturated carbocycles. The number of ether oxygens (including phenoxy) is 1. The van der Waals surface area contributed by atoms with Gasteiger partial charge in [-0.05, 0) is 39.2 Å². The van der Waals surface area contributed by atoms with Gasteiger partial charge in [0.05, 0.1) is 6.61 Å². The van der Waals surface area contributed by atoms with Gasteiger partial charge in [-0.1, -0.05) is 19.3 Å². The maximum atomic E-state index is 11.8. The zero-order valence-corrected chi connectivity index (χ0v) is 10.3. The van der Waals surface area contributed by atoms with Crippen molar-refractivity contribution in [3.05, 3.63) is 0 Å². The van der Waals surface area contributed by atoms with Crippen molar-refractivity contribution in [1.29, 1.82) is 0 Å². The van der Waals surface area contributed by atoms with Crippen LogP contribution in [0, 0.1) is 0 Å². The van der Waals surface area contributed by atoms with Gasteiger partial charge < -0.3 is 4.74 Å². The van der Waals surface area contributed by atoms with Gasteiger partial charge in [0.2, 0.25) is 0 Å². The highest BCUT2D eigenvalue weighted by molar-refractivity contribution is 5.76. The van der Waals surface area contributed by atoms with Gasteiger partial charge in [-0.3, -0.25) is 9.69 Å².